The van der Waals surface area contributed by atoms with E-state index in [2.05, 4.69) is 0 Å². The van der Waals surface area contributed by atoms with Gasteiger partial charge in [0.05, 0.1) is 6.26 Å². The second kappa shape index (κ2) is 5.46. The van der Waals surface area contributed by atoms with Crippen LogP contribution in [0.4, 0.5) is 0 Å². The van der Waals surface area contributed by atoms with Crippen molar-refractivity contribution in [1.29, 1.82) is 0 Å². The third kappa shape index (κ3) is 3.59. The molecule has 0 saturated heterocycles. The molecule has 0 aliphatic heterocycles. The van der Waals surface area contributed by atoms with Gasteiger partial charge in [0.25, 0.3) is 0 Å². The Kier molecular flexibility index (Phi) is 3.92. The van der Waals surface area contributed by atoms with E-state index in [4.69, 9.17) is 13.7 Å². The van der Waals surface area contributed by atoms with Gasteiger partial charge in [0.2, 0.25) is 0 Å². The molecule has 2 aromatic carbocycles. The van der Waals surface area contributed by atoms with E-state index >= 15 is 0 Å². The Bertz CT molecular complexity index is 678. The molecule has 0 aromatic heterocycles. The summed E-state index contributed by atoms with van der Waals surface area (Å²) in [6.07, 6.45) is 1.00. The zero-order chi connectivity index (χ0) is 13.9. The zero-order valence-corrected chi connectivity index (χ0v) is 11.4. The monoisotopic (exact) mass is 282 g/mol. The van der Waals surface area contributed by atoms with Crippen LogP contribution >= 0.6 is 0 Å². The van der Waals surface area contributed by atoms with E-state index in [1.54, 1.807) is 12.1 Å². The molecule has 0 aliphatic carbocycles. The number of hydrogen-bond acceptors (Lipinski definition) is 5. The van der Waals surface area contributed by atoms with Crippen molar-refractivity contribution >= 4 is 20.9 Å². The predicted octanol–water partition coefficient (Wildman–Crippen LogP) is 2.16. The molecule has 19 heavy (non-hydrogen) atoms. The van der Waals surface area contributed by atoms with E-state index < -0.39 is 10.1 Å². The van der Waals surface area contributed by atoms with Crippen LogP contribution in [0.15, 0.2) is 36.4 Å². The van der Waals surface area contributed by atoms with Crippen molar-refractivity contribution in [2.45, 2.75) is 0 Å². The van der Waals surface area contributed by atoms with E-state index in [9.17, 15) is 8.42 Å². The SMILES string of the molecule is COCOc1cc(OS(C)(=O)=O)c2ccccc2c1. The van der Waals surface area contributed by atoms with E-state index in [1.165, 1.54) is 13.2 Å². The second-order valence-corrected chi connectivity index (χ2v) is 5.56. The quantitative estimate of drug-likeness (QED) is 0.621. The van der Waals surface area contributed by atoms with Crippen LogP contribution in [-0.4, -0.2) is 28.6 Å². The first-order valence-corrected chi connectivity index (χ1v) is 7.35. The van der Waals surface area contributed by atoms with E-state index in [0.717, 1.165) is 11.6 Å². The van der Waals surface area contributed by atoms with E-state index in [1.807, 2.05) is 18.2 Å². The molecule has 0 heterocycles. The summed E-state index contributed by atoms with van der Waals surface area (Å²) in [5.41, 5.74) is 0. The lowest BCUT2D eigenvalue weighted by Crippen LogP contribution is -2.06. The third-order valence-corrected chi connectivity index (χ3v) is 2.86. The lowest BCUT2D eigenvalue weighted by atomic mass is 10.1. The number of fused-ring (bicyclic) bond motifs is 1. The first kappa shape index (κ1) is 13.6. The van der Waals surface area contributed by atoms with Gasteiger partial charge in [-0.25, -0.2) is 0 Å². The Morgan fingerprint density at radius 1 is 1.16 bits per heavy atom. The first-order valence-electron chi connectivity index (χ1n) is 5.53. The van der Waals surface area contributed by atoms with Crippen LogP contribution in [0.1, 0.15) is 0 Å². The standard InChI is InChI=1S/C13H14O5S/c1-16-9-17-11-7-10-5-3-4-6-12(10)13(8-11)18-19(2,14)15/h3-8H,9H2,1-2H3. The first-order chi connectivity index (χ1) is 8.99. The van der Waals surface area contributed by atoms with Crippen molar-refractivity contribution in [3.05, 3.63) is 36.4 Å². The van der Waals surface area contributed by atoms with Gasteiger partial charge >= 0.3 is 10.1 Å². The number of hydrogen-bond donors (Lipinski definition) is 0. The fraction of sp³-hybridized carbons (Fsp3) is 0.231. The summed E-state index contributed by atoms with van der Waals surface area (Å²) in [5.74, 6) is 0.728. The lowest BCUT2D eigenvalue weighted by Gasteiger charge is -2.11. The number of rotatable bonds is 5. The molecule has 0 amide bonds. The predicted molar refractivity (Wildman–Crippen MR) is 71.9 cm³/mol. The summed E-state index contributed by atoms with van der Waals surface area (Å²) in [6, 6.07) is 10.6. The molecule has 0 spiro atoms. The van der Waals surface area contributed by atoms with Gasteiger partial charge in [-0.2, -0.15) is 8.42 Å². The van der Waals surface area contributed by atoms with Crippen LogP contribution in [0, 0.1) is 0 Å². The minimum atomic E-state index is -3.59. The van der Waals surface area contributed by atoms with Gasteiger partial charge in [-0.1, -0.05) is 24.3 Å². The molecule has 102 valence electrons. The molecule has 0 bridgehead atoms. The van der Waals surface area contributed by atoms with E-state index in [0.29, 0.717) is 11.1 Å². The Balaban J connectivity index is 2.51. The zero-order valence-electron chi connectivity index (χ0n) is 10.6. The van der Waals surface area contributed by atoms with Gasteiger partial charge in [-0.15, -0.1) is 0 Å². The van der Waals surface area contributed by atoms with Crippen LogP contribution in [0.25, 0.3) is 10.8 Å². The van der Waals surface area contributed by atoms with Crippen LogP contribution < -0.4 is 8.92 Å². The van der Waals surface area contributed by atoms with Gasteiger partial charge in [0.15, 0.2) is 12.5 Å². The van der Waals surface area contributed by atoms with Gasteiger partial charge in [0.1, 0.15) is 5.75 Å². The third-order valence-electron chi connectivity index (χ3n) is 2.38. The minimum absolute atomic E-state index is 0.0800. The van der Waals surface area contributed by atoms with Crippen molar-refractivity contribution in [2.75, 3.05) is 20.2 Å². The number of ether oxygens (including phenoxy) is 2. The lowest BCUT2D eigenvalue weighted by molar-refractivity contribution is 0.0511. The molecule has 2 rings (SSSR count). The maximum atomic E-state index is 11.3. The molecule has 2 aromatic rings. The maximum Gasteiger partial charge on any atom is 0.306 e. The molecule has 0 radical (unpaired) electrons. The Labute approximate surface area is 111 Å². The van der Waals surface area contributed by atoms with Gasteiger partial charge in [-0.3, -0.25) is 0 Å². The summed E-state index contributed by atoms with van der Waals surface area (Å²) >= 11 is 0. The van der Waals surface area contributed by atoms with Crippen molar-refractivity contribution in [3.63, 3.8) is 0 Å². The van der Waals surface area contributed by atoms with Crippen molar-refractivity contribution < 1.29 is 22.1 Å². The highest BCUT2D eigenvalue weighted by molar-refractivity contribution is 7.86. The normalized spacial score (nSPS) is 11.5. The average Bonchev–Trinajstić information content (AvgIpc) is 2.34. The molecule has 0 atom stereocenters. The van der Waals surface area contributed by atoms with Crippen LogP contribution in [0.2, 0.25) is 0 Å². The minimum Gasteiger partial charge on any atom is -0.467 e. The summed E-state index contributed by atoms with van der Waals surface area (Å²) in [7, 11) is -2.08. The highest BCUT2D eigenvalue weighted by Crippen LogP contribution is 2.32. The fourth-order valence-electron chi connectivity index (χ4n) is 1.69. The topological polar surface area (TPSA) is 61.8 Å². The summed E-state index contributed by atoms with van der Waals surface area (Å²) in [4.78, 5) is 0. The van der Waals surface area contributed by atoms with E-state index in [-0.39, 0.29) is 12.5 Å². The second-order valence-electron chi connectivity index (χ2n) is 3.98. The van der Waals surface area contributed by atoms with Crippen molar-refractivity contribution in [3.8, 4) is 11.5 Å². The smallest absolute Gasteiger partial charge is 0.306 e. The maximum absolute atomic E-state index is 11.3. The molecule has 0 unspecified atom stereocenters. The molecule has 5 nitrogen and oxygen atoms in total. The Morgan fingerprint density at radius 3 is 2.58 bits per heavy atom. The number of methoxy groups -OCH3 is 1. The largest absolute Gasteiger partial charge is 0.467 e. The van der Waals surface area contributed by atoms with Gasteiger partial charge in [-0.05, 0) is 11.5 Å². The average molecular weight is 282 g/mol. The molecule has 0 aliphatic rings. The van der Waals surface area contributed by atoms with Crippen molar-refractivity contribution in [2.24, 2.45) is 0 Å². The van der Waals surface area contributed by atoms with Crippen LogP contribution in [0.3, 0.4) is 0 Å². The molecular weight excluding hydrogens is 268 g/mol. The van der Waals surface area contributed by atoms with Crippen molar-refractivity contribution in [1.82, 2.24) is 0 Å². The van der Waals surface area contributed by atoms with Gasteiger partial charge < -0.3 is 13.7 Å². The molecule has 0 fully saturated rings. The number of benzene rings is 2. The summed E-state index contributed by atoms with van der Waals surface area (Å²) < 4.78 is 37.7. The molecule has 6 heteroatoms. The fourth-order valence-corrected chi connectivity index (χ4v) is 2.16. The summed E-state index contributed by atoms with van der Waals surface area (Å²) in [6.45, 7) is 0.0800. The molecule has 0 N–H and O–H groups in total. The summed E-state index contributed by atoms with van der Waals surface area (Å²) in [5, 5.41) is 1.53. The van der Waals surface area contributed by atoms with Gasteiger partial charge in [0, 0.05) is 18.6 Å². The molecule has 0 saturated carbocycles. The van der Waals surface area contributed by atoms with Crippen LogP contribution in [0.5, 0.6) is 11.5 Å². The Morgan fingerprint density at radius 2 is 1.89 bits per heavy atom. The molecular formula is C13H14O5S. The Hall–Kier alpha value is -1.79. The van der Waals surface area contributed by atoms with Crippen LogP contribution in [-0.2, 0) is 14.9 Å². The highest BCUT2D eigenvalue weighted by Gasteiger charge is 2.11. The highest BCUT2D eigenvalue weighted by atomic mass is 32.2.